The minimum absolute atomic E-state index is 0.0172. The smallest absolute Gasteiger partial charge is 0.139 e. The van der Waals surface area contributed by atoms with E-state index in [0.717, 1.165) is 31.1 Å². The molecule has 3 aliphatic rings. The van der Waals surface area contributed by atoms with Crippen LogP contribution in [0.15, 0.2) is 18.2 Å². The first-order chi connectivity index (χ1) is 9.59. The number of fused-ring (bicyclic) bond motifs is 5. The zero-order valence-corrected chi connectivity index (χ0v) is 12.6. The van der Waals surface area contributed by atoms with Gasteiger partial charge in [-0.1, -0.05) is 30.6 Å². The number of hydrogen-bond donors (Lipinski definition) is 0. The van der Waals surface area contributed by atoms with Crippen LogP contribution in [-0.2, 0) is 11.2 Å². The van der Waals surface area contributed by atoms with E-state index in [1.165, 1.54) is 24.7 Å². The molecule has 0 amide bonds. The summed E-state index contributed by atoms with van der Waals surface area (Å²) < 4.78 is 0. The highest BCUT2D eigenvalue weighted by Gasteiger charge is 2.54. The van der Waals surface area contributed by atoms with Gasteiger partial charge in [-0.25, -0.2) is 0 Å². The summed E-state index contributed by atoms with van der Waals surface area (Å²) in [5.74, 6) is 2.69. The Hall–Kier alpha value is -1.05. The van der Waals surface area contributed by atoms with E-state index in [0.29, 0.717) is 11.7 Å². The van der Waals surface area contributed by atoms with Crippen LogP contribution in [0.4, 0.5) is 0 Å². The molecule has 2 fully saturated rings. The van der Waals surface area contributed by atoms with Crippen LogP contribution in [0.1, 0.15) is 56.1 Å². The Bertz CT molecular complexity index is 579. The highest BCUT2D eigenvalue weighted by Crippen LogP contribution is 2.59. The van der Waals surface area contributed by atoms with Crippen molar-refractivity contribution in [3.8, 4) is 0 Å². The largest absolute Gasteiger partial charge is 0.299 e. The summed E-state index contributed by atoms with van der Waals surface area (Å²) in [4.78, 5) is 12.3. The van der Waals surface area contributed by atoms with Crippen LogP contribution >= 0.6 is 0 Å². The minimum Gasteiger partial charge on any atom is -0.299 e. The molecule has 20 heavy (non-hydrogen) atoms. The van der Waals surface area contributed by atoms with Crippen LogP contribution in [0.5, 0.6) is 0 Å². The Labute approximate surface area is 122 Å². The third-order valence-electron chi connectivity index (χ3n) is 6.59. The average molecular weight is 266 g/mol. The van der Waals surface area contributed by atoms with Crippen molar-refractivity contribution in [2.75, 3.05) is 0 Å². The lowest BCUT2D eigenvalue weighted by atomic mass is 9.55. The number of ketones is 1. The van der Waals surface area contributed by atoms with Crippen LogP contribution in [0, 0.1) is 17.3 Å². The van der Waals surface area contributed by atoms with Crippen molar-refractivity contribution < 1.29 is 4.79 Å². The number of hydrogen-bond acceptors (Lipinski definition) is 1. The molecule has 1 aromatic rings. The van der Waals surface area contributed by atoms with Crippen molar-refractivity contribution in [3.05, 3.63) is 29.3 Å². The van der Waals surface area contributed by atoms with Crippen molar-refractivity contribution in [2.45, 2.75) is 51.4 Å². The number of aryl methyl sites for hydroxylation is 1. The van der Waals surface area contributed by atoms with E-state index in [4.69, 9.17) is 0 Å². The van der Waals surface area contributed by atoms with E-state index in [2.05, 4.69) is 33.0 Å². The van der Waals surface area contributed by atoms with Gasteiger partial charge in [0.1, 0.15) is 13.6 Å². The molecule has 0 bridgehead atoms. The van der Waals surface area contributed by atoms with E-state index in [1.54, 1.807) is 11.1 Å². The third-order valence-corrected chi connectivity index (χ3v) is 6.59. The molecule has 4 rings (SSSR count). The Morgan fingerprint density at radius 3 is 2.90 bits per heavy atom. The van der Waals surface area contributed by atoms with Crippen molar-refractivity contribution in [1.29, 1.82) is 0 Å². The topological polar surface area (TPSA) is 17.1 Å². The van der Waals surface area contributed by atoms with E-state index >= 15 is 0 Å². The van der Waals surface area contributed by atoms with Gasteiger partial charge in [-0.3, -0.25) is 4.79 Å². The molecule has 104 valence electrons. The van der Waals surface area contributed by atoms with E-state index in [9.17, 15) is 4.79 Å². The summed E-state index contributed by atoms with van der Waals surface area (Å²) in [6, 6.07) is 7.04. The second kappa shape index (κ2) is 4.22. The molecule has 0 aliphatic heterocycles. The first kappa shape index (κ1) is 12.7. The molecular weight excluding hydrogens is 243 g/mol. The van der Waals surface area contributed by atoms with Gasteiger partial charge in [0, 0.05) is 11.8 Å². The Kier molecular flexibility index (Phi) is 2.68. The van der Waals surface area contributed by atoms with Gasteiger partial charge in [-0.15, -0.1) is 0 Å². The molecule has 0 aromatic heterocycles. The Morgan fingerprint density at radius 1 is 1.20 bits per heavy atom. The molecule has 1 aromatic carbocycles. The van der Waals surface area contributed by atoms with Gasteiger partial charge in [0.25, 0.3) is 0 Å². The lowest BCUT2D eigenvalue weighted by Crippen LogP contribution is -2.42. The lowest BCUT2D eigenvalue weighted by Gasteiger charge is -2.48. The zero-order valence-electron chi connectivity index (χ0n) is 12.6. The summed E-state index contributed by atoms with van der Waals surface area (Å²) in [5, 5.41) is 0. The molecule has 0 saturated heterocycles. The summed E-state index contributed by atoms with van der Waals surface area (Å²) in [6.07, 6.45) is 6.85. The molecule has 0 N–H and O–H groups in total. The molecule has 0 radical (unpaired) electrons. The summed E-state index contributed by atoms with van der Waals surface area (Å²) >= 11 is 0. The number of rotatable bonds is 0. The Morgan fingerprint density at radius 2 is 2.05 bits per heavy atom. The summed E-state index contributed by atoms with van der Waals surface area (Å²) in [5.41, 5.74) is 4.59. The maximum absolute atomic E-state index is 12.3. The molecule has 0 heterocycles. The molecule has 4 atom stereocenters. The second-order valence-electron chi connectivity index (χ2n) is 7.54. The molecule has 1 nitrogen and oxygen atoms in total. The molecule has 2 heteroatoms. The van der Waals surface area contributed by atoms with Crippen molar-refractivity contribution in [2.24, 2.45) is 17.3 Å². The van der Waals surface area contributed by atoms with Gasteiger partial charge in [0.2, 0.25) is 0 Å². The normalized spacial score (nSPS) is 39.0. The van der Waals surface area contributed by atoms with Gasteiger partial charge in [-0.2, -0.15) is 0 Å². The second-order valence-corrected chi connectivity index (χ2v) is 7.54. The van der Waals surface area contributed by atoms with Crippen LogP contribution in [0.25, 0.3) is 0 Å². The lowest BCUT2D eigenvalue weighted by molar-refractivity contribution is -0.129. The Balaban J connectivity index is 1.73. The molecule has 3 aliphatic carbocycles. The standard InChI is InChI=1S/C18H23BO/c1-18-9-8-14-13-5-3-12(19)10-11(13)2-4-15(14)16(18)6-7-17(18)20/h3,5,10,14-16H,2,4,6-9,19H2,1H3/t14-,15-,16+,18+/m1/s1. The van der Waals surface area contributed by atoms with Crippen LogP contribution in [0.3, 0.4) is 0 Å². The monoisotopic (exact) mass is 266 g/mol. The molecular formula is C18H23BO. The van der Waals surface area contributed by atoms with Crippen LogP contribution in [-0.4, -0.2) is 13.6 Å². The van der Waals surface area contributed by atoms with Crippen molar-refractivity contribution in [3.63, 3.8) is 0 Å². The maximum atomic E-state index is 12.3. The van der Waals surface area contributed by atoms with Gasteiger partial charge >= 0.3 is 0 Å². The van der Waals surface area contributed by atoms with E-state index in [-0.39, 0.29) is 5.41 Å². The molecule has 0 unspecified atom stereocenters. The quantitative estimate of drug-likeness (QED) is 0.659. The van der Waals surface area contributed by atoms with E-state index < -0.39 is 0 Å². The summed E-state index contributed by atoms with van der Waals surface area (Å²) in [6.45, 7) is 2.26. The zero-order chi connectivity index (χ0) is 13.9. The van der Waals surface area contributed by atoms with Crippen LogP contribution < -0.4 is 5.46 Å². The number of Topliss-reactive ketones (excluding diaryl/α,β-unsaturated/α-hetero) is 1. The summed E-state index contributed by atoms with van der Waals surface area (Å²) in [7, 11) is 2.19. The fourth-order valence-corrected chi connectivity index (χ4v) is 5.48. The fraction of sp³-hybridized carbons (Fsp3) is 0.611. The van der Waals surface area contributed by atoms with Gasteiger partial charge in [0.05, 0.1) is 0 Å². The number of carbonyl (C=O) groups is 1. The molecule has 2 saturated carbocycles. The maximum Gasteiger partial charge on any atom is 0.139 e. The highest BCUT2D eigenvalue weighted by atomic mass is 16.1. The van der Waals surface area contributed by atoms with Gasteiger partial charge < -0.3 is 0 Å². The van der Waals surface area contributed by atoms with Gasteiger partial charge in [0.15, 0.2) is 0 Å². The first-order valence-electron chi connectivity index (χ1n) is 8.22. The first-order valence-corrected chi connectivity index (χ1v) is 8.22. The van der Waals surface area contributed by atoms with Crippen molar-refractivity contribution in [1.82, 2.24) is 0 Å². The molecule has 0 spiro atoms. The highest BCUT2D eigenvalue weighted by molar-refractivity contribution is 6.32. The number of carbonyl (C=O) groups excluding carboxylic acids is 1. The predicted molar refractivity (Wildman–Crippen MR) is 84.2 cm³/mol. The fourth-order valence-electron chi connectivity index (χ4n) is 5.48. The van der Waals surface area contributed by atoms with Crippen molar-refractivity contribution >= 4 is 19.1 Å². The third kappa shape index (κ3) is 1.60. The van der Waals surface area contributed by atoms with Crippen LogP contribution in [0.2, 0.25) is 0 Å². The average Bonchev–Trinajstić information content (AvgIpc) is 2.74. The predicted octanol–water partition coefficient (Wildman–Crippen LogP) is 2.37. The van der Waals surface area contributed by atoms with E-state index in [1.807, 2.05) is 0 Å². The SMILES string of the molecule is Bc1ccc2c(c1)CC[C@@H]1[C@@H]2CC[C@]2(C)C(=O)CC[C@@H]12. The minimum atomic E-state index is 0.0172. The number of benzene rings is 1. The van der Waals surface area contributed by atoms with Gasteiger partial charge in [-0.05, 0) is 61.0 Å².